The molecule has 1 unspecified atom stereocenters. The van der Waals surface area contributed by atoms with Crippen LogP contribution in [0.3, 0.4) is 0 Å². The third-order valence-electron chi connectivity index (χ3n) is 6.22. The molecular weight excluding hydrogens is 398 g/mol. The van der Waals surface area contributed by atoms with Gasteiger partial charge < -0.3 is 14.6 Å². The van der Waals surface area contributed by atoms with Crippen LogP contribution < -0.4 is 10.1 Å². The molecular formula is C27H37N3O2. The van der Waals surface area contributed by atoms with Gasteiger partial charge in [-0.2, -0.15) is 0 Å². The van der Waals surface area contributed by atoms with Crippen molar-refractivity contribution in [2.45, 2.75) is 72.9 Å². The van der Waals surface area contributed by atoms with Crippen LogP contribution in [0.4, 0.5) is 0 Å². The molecule has 3 rings (SSSR count). The lowest BCUT2D eigenvalue weighted by Crippen LogP contribution is -2.33. The number of nitrogens with one attached hydrogen (secondary N) is 1. The van der Waals surface area contributed by atoms with Gasteiger partial charge >= 0.3 is 0 Å². The van der Waals surface area contributed by atoms with Gasteiger partial charge in [-0.1, -0.05) is 44.2 Å². The second-order valence-electron chi connectivity index (χ2n) is 8.63. The minimum atomic E-state index is -0.138. The molecule has 0 spiro atoms. The van der Waals surface area contributed by atoms with Crippen molar-refractivity contribution in [2.24, 2.45) is 5.92 Å². The van der Waals surface area contributed by atoms with E-state index in [1.165, 1.54) is 11.1 Å². The quantitative estimate of drug-likeness (QED) is 0.369. The van der Waals surface area contributed by atoms with Crippen molar-refractivity contribution < 1.29 is 9.53 Å². The van der Waals surface area contributed by atoms with E-state index >= 15 is 0 Å². The number of nitrogens with zero attached hydrogens (tertiary/aromatic N) is 2. The van der Waals surface area contributed by atoms with E-state index in [9.17, 15) is 4.79 Å². The fraction of sp³-hybridized carbons (Fsp3) is 0.481. The number of hydrogen-bond donors (Lipinski definition) is 1. The molecule has 0 aliphatic carbocycles. The number of unbranched alkanes of at least 4 members (excludes halogenated alkanes) is 1. The van der Waals surface area contributed by atoms with Crippen molar-refractivity contribution in [3.05, 3.63) is 59.4 Å². The van der Waals surface area contributed by atoms with Gasteiger partial charge in [0.05, 0.1) is 23.7 Å². The van der Waals surface area contributed by atoms with E-state index in [1.807, 2.05) is 25.1 Å². The predicted octanol–water partition coefficient (Wildman–Crippen LogP) is 6.13. The molecule has 3 aromatic rings. The first-order chi connectivity index (χ1) is 15.5. The second-order valence-corrected chi connectivity index (χ2v) is 8.63. The lowest BCUT2D eigenvalue weighted by atomic mass is 10.0. The first kappa shape index (κ1) is 23.8. The number of fused-ring (bicyclic) bond motifs is 1. The molecule has 0 saturated carbocycles. The van der Waals surface area contributed by atoms with Crippen molar-refractivity contribution >= 4 is 16.9 Å². The normalized spacial score (nSPS) is 12.3. The second kappa shape index (κ2) is 11.2. The fourth-order valence-electron chi connectivity index (χ4n) is 4.29. The molecule has 1 amide bonds. The van der Waals surface area contributed by atoms with Crippen LogP contribution in [0.15, 0.2) is 42.5 Å². The summed E-state index contributed by atoms with van der Waals surface area (Å²) in [5.74, 6) is 2.08. The van der Waals surface area contributed by atoms with E-state index in [0.717, 1.165) is 54.8 Å². The fourth-order valence-corrected chi connectivity index (χ4v) is 4.29. The van der Waals surface area contributed by atoms with Crippen LogP contribution >= 0.6 is 0 Å². The summed E-state index contributed by atoms with van der Waals surface area (Å²) in [5.41, 5.74) is 4.43. The topological polar surface area (TPSA) is 56.2 Å². The predicted molar refractivity (Wildman–Crippen MR) is 131 cm³/mol. The summed E-state index contributed by atoms with van der Waals surface area (Å²) in [6.07, 6.45) is 3.64. The van der Waals surface area contributed by atoms with Crippen LogP contribution in [0.5, 0.6) is 5.75 Å². The lowest BCUT2D eigenvalue weighted by molar-refractivity contribution is -0.125. The van der Waals surface area contributed by atoms with Gasteiger partial charge in [0.2, 0.25) is 5.91 Å². The standard InChI is InChI=1S/C27H37N3O2/c1-6-22(7-2)27(31)28-21(5)26-29-23-15-8-9-16-24(23)30(26)17-10-11-18-32-25-19(3)13-12-14-20(25)4/h8-9,12-16,21-22H,6-7,10-11,17-18H2,1-5H3,(H,28,31). The number of aromatic nitrogens is 2. The number of hydrogen-bond acceptors (Lipinski definition) is 3. The molecule has 0 aliphatic heterocycles. The Kier molecular flexibility index (Phi) is 8.32. The lowest BCUT2D eigenvalue weighted by Gasteiger charge is -2.19. The summed E-state index contributed by atoms with van der Waals surface area (Å²) in [6, 6.07) is 14.3. The molecule has 0 radical (unpaired) electrons. The Labute approximate surface area is 192 Å². The van der Waals surface area contributed by atoms with Gasteiger partial charge in [-0.25, -0.2) is 4.98 Å². The van der Waals surface area contributed by atoms with E-state index in [1.54, 1.807) is 0 Å². The van der Waals surface area contributed by atoms with Crippen LogP contribution in [-0.4, -0.2) is 22.1 Å². The number of amides is 1. The summed E-state index contributed by atoms with van der Waals surface area (Å²) in [5, 5.41) is 3.19. The molecule has 1 heterocycles. The summed E-state index contributed by atoms with van der Waals surface area (Å²) in [4.78, 5) is 17.5. The smallest absolute Gasteiger partial charge is 0.223 e. The maximum Gasteiger partial charge on any atom is 0.223 e. The third kappa shape index (κ3) is 5.50. The average Bonchev–Trinajstić information content (AvgIpc) is 3.15. The van der Waals surface area contributed by atoms with Crippen LogP contribution in [0, 0.1) is 19.8 Å². The Balaban J connectivity index is 1.67. The Morgan fingerprint density at radius 3 is 2.41 bits per heavy atom. The monoisotopic (exact) mass is 435 g/mol. The average molecular weight is 436 g/mol. The van der Waals surface area contributed by atoms with Crippen LogP contribution in [0.1, 0.15) is 69.4 Å². The highest BCUT2D eigenvalue weighted by atomic mass is 16.5. The molecule has 32 heavy (non-hydrogen) atoms. The molecule has 5 heteroatoms. The Bertz CT molecular complexity index is 1020. The van der Waals surface area contributed by atoms with Crippen LogP contribution in [-0.2, 0) is 11.3 Å². The highest BCUT2D eigenvalue weighted by Gasteiger charge is 2.21. The summed E-state index contributed by atoms with van der Waals surface area (Å²) >= 11 is 0. The zero-order valence-corrected chi connectivity index (χ0v) is 20.1. The van der Waals surface area contributed by atoms with Crippen molar-refractivity contribution in [1.82, 2.24) is 14.9 Å². The van der Waals surface area contributed by atoms with Gasteiger partial charge in [-0.15, -0.1) is 0 Å². The number of carbonyl (C=O) groups is 1. The molecule has 0 fully saturated rings. The van der Waals surface area contributed by atoms with E-state index in [4.69, 9.17) is 9.72 Å². The molecule has 0 aliphatic rings. The van der Waals surface area contributed by atoms with Crippen molar-refractivity contribution in [3.63, 3.8) is 0 Å². The molecule has 1 N–H and O–H groups in total. The van der Waals surface area contributed by atoms with Gasteiger partial charge in [-0.3, -0.25) is 4.79 Å². The molecule has 0 bridgehead atoms. The van der Waals surface area contributed by atoms with Crippen LogP contribution in [0.2, 0.25) is 0 Å². The van der Waals surface area contributed by atoms with Gasteiger partial charge in [-0.05, 0) is 69.7 Å². The number of carbonyl (C=O) groups excluding carboxylic acids is 1. The molecule has 0 saturated heterocycles. The third-order valence-corrected chi connectivity index (χ3v) is 6.22. The molecule has 172 valence electrons. The first-order valence-corrected chi connectivity index (χ1v) is 11.9. The number of ether oxygens (including phenoxy) is 1. The summed E-state index contributed by atoms with van der Waals surface area (Å²) < 4.78 is 8.33. The summed E-state index contributed by atoms with van der Waals surface area (Å²) in [6.45, 7) is 11.9. The SMILES string of the molecule is CCC(CC)C(=O)NC(C)c1nc2ccccc2n1CCCCOc1c(C)cccc1C. The zero-order valence-electron chi connectivity index (χ0n) is 20.1. The van der Waals surface area contributed by atoms with Gasteiger partial charge in [0, 0.05) is 12.5 Å². The number of para-hydroxylation sites is 3. The number of benzene rings is 2. The number of aryl methyl sites for hydroxylation is 3. The summed E-state index contributed by atoms with van der Waals surface area (Å²) in [7, 11) is 0. The number of rotatable bonds is 11. The van der Waals surface area contributed by atoms with Crippen molar-refractivity contribution in [1.29, 1.82) is 0 Å². The Hall–Kier alpha value is -2.82. The minimum absolute atomic E-state index is 0.0531. The van der Waals surface area contributed by atoms with E-state index < -0.39 is 0 Å². The highest BCUT2D eigenvalue weighted by molar-refractivity contribution is 5.79. The van der Waals surface area contributed by atoms with Crippen molar-refractivity contribution in [3.8, 4) is 5.75 Å². The zero-order chi connectivity index (χ0) is 23.1. The van der Waals surface area contributed by atoms with E-state index in [2.05, 4.69) is 61.8 Å². The molecule has 2 aromatic carbocycles. The maximum atomic E-state index is 12.6. The molecule has 5 nitrogen and oxygen atoms in total. The van der Waals surface area contributed by atoms with Crippen molar-refractivity contribution in [2.75, 3.05) is 6.61 Å². The van der Waals surface area contributed by atoms with Gasteiger partial charge in [0.25, 0.3) is 0 Å². The van der Waals surface area contributed by atoms with Gasteiger partial charge in [0.1, 0.15) is 11.6 Å². The largest absolute Gasteiger partial charge is 0.493 e. The van der Waals surface area contributed by atoms with E-state index in [-0.39, 0.29) is 17.9 Å². The van der Waals surface area contributed by atoms with E-state index in [0.29, 0.717) is 6.61 Å². The van der Waals surface area contributed by atoms with Crippen LogP contribution in [0.25, 0.3) is 11.0 Å². The maximum absolute atomic E-state index is 12.6. The van der Waals surface area contributed by atoms with Gasteiger partial charge in [0.15, 0.2) is 0 Å². The number of imidazole rings is 1. The highest BCUT2D eigenvalue weighted by Crippen LogP contribution is 2.24. The first-order valence-electron chi connectivity index (χ1n) is 11.9. The Morgan fingerprint density at radius 2 is 1.72 bits per heavy atom. The molecule has 1 aromatic heterocycles. The Morgan fingerprint density at radius 1 is 1.03 bits per heavy atom. The minimum Gasteiger partial charge on any atom is -0.493 e. The molecule has 1 atom stereocenters.